The molecule has 19 heavy (non-hydrogen) atoms. The predicted octanol–water partition coefficient (Wildman–Crippen LogP) is 5.29. The van der Waals surface area contributed by atoms with Crippen LogP contribution in [-0.4, -0.2) is 5.16 Å². The molecule has 0 N–H and O–H groups in total. The molecule has 1 aromatic heterocycles. The molecule has 0 amide bonds. The van der Waals surface area contributed by atoms with Gasteiger partial charge in [-0.05, 0) is 30.9 Å². The molecule has 3 heteroatoms. The Morgan fingerprint density at radius 1 is 1.21 bits per heavy atom. The van der Waals surface area contributed by atoms with Crippen LogP contribution in [0.15, 0.2) is 22.7 Å². The normalized spacial score (nSPS) is 13.3. The van der Waals surface area contributed by atoms with E-state index in [1.807, 2.05) is 0 Å². The van der Waals surface area contributed by atoms with Crippen molar-refractivity contribution in [3.05, 3.63) is 29.7 Å². The number of nitrogens with zero attached hydrogens (tertiary/aromatic N) is 1. The molecule has 1 unspecified atom stereocenters. The van der Waals surface area contributed by atoms with E-state index in [0.29, 0.717) is 17.4 Å². The molecule has 0 bridgehead atoms. The third kappa shape index (κ3) is 3.34. The van der Waals surface area contributed by atoms with E-state index < -0.39 is 0 Å². The van der Waals surface area contributed by atoms with Crippen LogP contribution in [0.5, 0.6) is 0 Å². The Morgan fingerprint density at radius 3 is 2.68 bits per heavy atom. The lowest BCUT2D eigenvalue weighted by atomic mass is 9.90. The molecule has 0 fully saturated rings. The molecule has 1 heterocycles. The lowest BCUT2D eigenvalue weighted by molar-refractivity contribution is 0.413. The van der Waals surface area contributed by atoms with Gasteiger partial charge < -0.3 is 4.52 Å². The van der Waals surface area contributed by atoms with Crippen LogP contribution in [0.4, 0.5) is 4.39 Å². The number of hydrogen-bond acceptors (Lipinski definition) is 2. The molecular weight excluding hydrogens is 241 g/mol. The number of rotatable bonds is 6. The molecule has 104 valence electrons. The summed E-state index contributed by atoms with van der Waals surface area (Å²) in [5.41, 5.74) is 1.55. The van der Waals surface area contributed by atoms with Gasteiger partial charge in [-0.1, -0.05) is 38.8 Å². The van der Waals surface area contributed by atoms with Crippen LogP contribution in [0.2, 0.25) is 0 Å². The van der Waals surface area contributed by atoms with Crippen molar-refractivity contribution in [2.45, 2.75) is 52.4 Å². The van der Waals surface area contributed by atoms with Crippen molar-refractivity contribution in [3.63, 3.8) is 0 Å². The van der Waals surface area contributed by atoms with Crippen molar-refractivity contribution in [1.29, 1.82) is 0 Å². The van der Waals surface area contributed by atoms with Crippen molar-refractivity contribution < 1.29 is 8.91 Å². The minimum absolute atomic E-state index is 0.274. The first-order valence-electron chi connectivity index (χ1n) is 7.16. The van der Waals surface area contributed by atoms with E-state index in [9.17, 15) is 4.39 Å². The molecular formula is C16H22FNO. The minimum atomic E-state index is -0.274. The van der Waals surface area contributed by atoms with Gasteiger partial charge in [0.1, 0.15) is 5.82 Å². The zero-order chi connectivity index (χ0) is 13.8. The summed E-state index contributed by atoms with van der Waals surface area (Å²) in [6.45, 7) is 6.66. The topological polar surface area (TPSA) is 26.0 Å². The van der Waals surface area contributed by atoms with Crippen LogP contribution >= 0.6 is 0 Å². The van der Waals surface area contributed by atoms with Crippen molar-refractivity contribution in [2.75, 3.05) is 0 Å². The van der Waals surface area contributed by atoms with Gasteiger partial charge in [-0.3, -0.25) is 0 Å². The van der Waals surface area contributed by atoms with Gasteiger partial charge in [-0.25, -0.2) is 4.39 Å². The average Bonchev–Trinajstić information content (AvgIpc) is 2.77. The molecule has 2 nitrogen and oxygen atoms in total. The first kappa shape index (κ1) is 14.0. The van der Waals surface area contributed by atoms with Gasteiger partial charge in [0.2, 0.25) is 0 Å². The first-order valence-corrected chi connectivity index (χ1v) is 7.16. The zero-order valence-electron chi connectivity index (χ0n) is 11.9. The summed E-state index contributed by atoms with van der Waals surface area (Å²) in [6, 6.07) is 4.68. The molecule has 1 atom stereocenters. The Bertz CT molecular complexity index is 533. The molecule has 0 aliphatic carbocycles. The van der Waals surface area contributed by atoms with Crippen molar-refractivity contribution in [2.24, 2.45) is 5.92 Å². The molecule has 2 rings (SSSR count). The SMILES string of the molecule is CCCC(CCC(C)C)c1noc2cc(F)ccc12. The van der Waals surface area contributed by atoms with E-state index in [0.717, 1.165) is 30.3 Å². The maximum absolute atomic E-state index is 13.2. The zero-order valence-corrected chi connectivity index (χ0v) is 11.9. The molecule has 0 radical (unpaired) electrons. The molecule has 0 saturated carbocycles. The van der Waals surface area contributed by atoms with Crippen LogP contribution in [0, 0.1) is 11.7 Å². The summed E-state index contributed by atoms with van der Waals surface area (Å²) < 4.78 is 18.4. The number of hydrogen-bond donors (Lipinski definition) is 0. The van der Waals surface area contributed by atoms with Gasteiger partial charge in [-0.2, -0.15) is 0 Å². The molecule has 0 spiro atoms. The average molecular weight is 263 g/mol. The number of benzene rings is 1. The van der Waals surface area contributed by atoms with Crippen molar-refractivity contribution in [3.8, 4) is 0 Å². The summed E-state index contributed by atoms with van der Waals surface area (Å²) in [6.07, 6.45) is 4.52. The van der Waals surface area contributed by atoms with Crippen molar-refractivity contribution in [1.82, 2.24) is 5.16 Å². The summed E-state index contributed by atoms with van der Waals surface area (Å²) in [7, 11) is 0. The fraction of sp³-hybridized carbons (Fsp3) is 0.562. The molecule has 2 aromatic rings. The van der Waals surface area contributed by atoms with Gasteiger partial charge >= 0.3 is 0 Å². The molecule has 1 aromatic carbocycles. The standard InChI is InChI=1S/C16H22FNO/c1-4-5-12(7-6-11(2)3)16-14-9-8-13(17)10-15(14)19-18-16/h8-12H,4-7H2,1-3H3. The quantitative estimate of drug-likeness (QED) is 0.708. The highest BCUT2D eigenvalue weighted by atomic mass is 19.1. The molecule has 0 saturated heterocycles. The van der Waals surface area contributed by atoms with Crippen molar-refractivity contribution >= 4 is 11.0 Å². The summed E-state index contributed by atoms with van der Waals surface area (Å²) >= 11 is 0. The van der Waals surface area contributed by atoms with Gasteiger partial charge in [0.05, 0.1) is 5.69 Å². The predicted molar refractivity (Wildman–Crippen MR) is 75.7 cm³/mol. The first-order chi connectivity index (χ1) is 9.11. The maximum Gasteiger partial charge on any atom is 0.170 e. The third-order valence-corrected chi connectivity index (χ3v) is 3.58. The fourth-order valence-electron chi connectivity index (χ4n) is 2.53. The van der Waals surface area contributed by atoms with Gasteiger partial charge in [0.25, 0.3) is 0 Å². The second-order valence-electron chi connectivity index (χ2n) is 5.67. The Labute approximate surface area is 114 Å². The van der Waals surface area contributed by atoms with E-state index in [4.69, 9.17) is 4.52 Å². The van der Waals surface area contributed by atoms with Crippen LogP contribution in [0.1, 0.15) is 58.1 Å². The number of halogens is 1. The molecule has 0 aliphatic rings. The largest absolute Gasteiger partial charge is 0.356 e. The second kappa shape index (κ2) is 6.18. The fourth-order valence-corrected chi connectivity index (χ4v) is 2.53. The highest BCUT2D eigenvalue weighted by molar-refractivity contribution is 5.79. The summed E-state index contributed by atoms with van der Waals surface area (Å²) in [4.78, 5) is 0. The maximum atomic E-state index is 13.2. The van der Waals surface area contributed by atoms with Gasteiger partial charge in [0.15, 0.2) is 5.58 Å². The Hall–Kier alpha value is -1.38. The van der Waals surface area contributed by atoms with E-state index in [1.165, 1.54) is 18.6 Å². The smallest absolute Gasteiger partial charge is 0.170 e. The highest BCUT2D eigenvalue weighted by Crippen LogP contribution is 2.32. The lowest BCUT2D eigenvalue weighted by Gasteiger charge is -2.15. The second-order valence-corrected chi connectivity index (χ2v) is 5.67. The van der Waals surface area contributed by atoms with E-state index in [-0.39, 0.29) is 5.82 Å². The number of fused-ring (bicyclic) bond motifs is 1. The summed E-state index contributed by atoms with van der Waals surface area (Å²) in [5.74, 6) is 0.832. The Morgan fingerprint density at radius 2 is 2.00 bits per heavy atom. The van der Waals surface area contributed by atoms with Crippen LogP contribution in [0.25, 0.3) is 11.0 Å². The minimum Gasteiger partial charge on any atom is -0.356 e. The van der Waals surface area contributed by atoms with E-state index in [2.05, 4.69) is 25.9 Å². The Balaban J connectivity index is 2.27. The van der Waals surface area contributed by atoms with Gasteiger partial charge in [0, 0.05) is 17.4 Å². The Kier molecular flexibility index (Phi) is 4.56. The monoisotopic (exact) mass is 263 g/mol. The van der Waals surface area contributed by atoms with Crippen LogP contribution < -0.4 is 0 Å². The van der Waals surface area contributed by atoms with E-state index >= 15 is 0 Å². The molecule has 0 aliphatic heterocycles. The van der Waals surface area contributed by atoms with Crippen LogP contribution in [-0.2, 0) is 0 Å². The lowest BCUT2D eigenvalue weighted by Crippen LogP contribution is -2.02. The van der Waals surface area contributed by atoms with Gasteiger partial charge in [-0.15, -0.1) is 0 Å². The number of aromatic nitrogens is 1. The third-order valence-electron chi connectivity index (χ3n) is 3.58. The van der Waals surface area contributed by atoms with E-state index in [1.54, 1.807) is 6.07 Å². The summed E-state index contributed by atoms with van der Waals surface area (Å²) in [5, 5.41) is 5.15. The highest BCUT2D eigenvalue weighted by Gasteiger charge is 2.19. The van der Waals surface area contributed by atoms with Crippen LogP contribution in [0.3, 0.4) is 0 Å².